The molecule has 0 bridgehead atoms. The predicted molar refractivity (Wildman–Crippen MR) is 68.6 cm³/mol. The number of aromatic carboxylic acids is 1. The summed E-state index contributed by atoms with van der Waals surface area (Å²) in [7, 11) is -3.59. The molecule has 18 heavy (non-hydrogen) atoms. The van der Waals surface area contributed by atoms with Crippen LogP contribution in [-0.4, -0.2) is 25.5 Å². The summed E-state index contributed by atoms with van der Waals surface area (Å²) in [5.74, 6) is -1.09. The molecule has 2 rings (SSSR count). The Bertz CT molecular complexity index is 556. The molecule has 0 aromatic carbocycles. The summed E-state index contributed by atoms with van der Waals surface area (Å²) in [5.41, 5.74) is 0. The Balaban J connectivity index is 2.26. The van der Waals surface area contributed by atoms with Crippen LogP contribution in [0.15, 0.2) is 11.0 Å². The number of nitrogens with one attached hydrogen (secondary N) is 1. The van der Waals surface area contributed by atoms with Gasteiger partial charge in [0.05, 0.1) is 4.90 Å². The maximum atomic E-state index is 12.1. The quantitative estimate of drug-likeness (QED) is 0.887. The van der Waals surface area contributed by atoms with E-state index >= 15 is 0 Å². The van der Waals surface area contributed by atoms with Crippen molar-refractivity contribution in [3.8, 4) is 0 Å². The fourth-order valence-electron chi connectivity index (χ4n) is 2.16. The molecule has 1 aliphatic carbocycles. The van der Waals surface area contributed by atoms with Crippen LogP contribution in [0.1, 0.15) is 40.2 Å². The third-order valence-corrected chi connectivity index (χ3v) is 5.86. The van der Waals surface area contributed by atoms with Gasteiger partial charge >= 0.3 is 5.97 Å². The van der Waals surface area contributed by atoms with E-state index in [1.807, 2.05) is 0 Å². The molecule has 1 aromatic rings. The summed E-state index contributed by atoms with van der Waals surface area (Å²) in [5, 5.41) is 8.87. The average molecular weight is 289 g/mol. The van der Waals surface area contributed by atoms with E-state index in [9.17, 15) is 13.2 Å². The van der Waals surface area contributed by atoms with E-state index in [-0.39, 0.29) is 15.8 Å². The molecule has 0 aliphatic heterocycles. The van der Waals surface area contributed by atoms with Crippen molar-refractivity contribution in [3.63, 3.8) is 0 Å². The van der Waals surface area contributed by atoms with Gasteiger partial charge in [-0.1, -0.05) is 12.8 Å². The lowest BCUT2D eigenvalue weighted by Gasteiger charge is -2.11. The minimum atomic E-state index is -3.59. The Hall–Kier alpha value is -0.920. The molecule has 1 aromatic heterocycles. The molecule has 100 valence electrons. The Morgan fingerprint density at radius 1 is 1.44 bits per heavy atom. The number of aryl methyl sites for hydroxylation is 1. The third kappa shape index (κ3) is 2.73. The van der Waals surface area contributed by atoms with E-state index in [0.29, 0.717) is 4.88 Å². The minimum Gasteiger partial charge on any atom is -0.477 e. The Labute approximate surface area is 110 Å². The maximum absolute atomic E-state index is 12.1. The highest BCUT2D eigenvalue weighted by Gasteiger charge is 2.26. The zero-order valence-corrected chi connectivity index (χ0v) is 11.6. The van der Waals surface area contributed by atoms with Crippen molar-refractivity contribution < 1.29 is 18.3 Å². The fraction of sp³-hybridized carbons (Fsp3) is 0.545. The number of carbonyl (C=O) groups is 1. The number of hydrogen-bond donors (Lipinski definition) is 2. The average Bonchev–Trinajstić information content (AvgIpc) is 2.86. The van der Waals surface area contributed by atoms with Crippen LogP contribution < -0.4 is 4.72 Å². The highest BCUT2D eigenvalue weighted by Crippen LogP contribution is 2.27. The van der Waals surface area contributed by atoms with Gasteiger partial charge in [0.25, 0.3) is 0 Å². The van der Waals surface area contributed by atoms with Gasteiger partial charge in [-0.05, 0) is 25.8 Å². The highest BCUT2D eigenvalue weighted by molar-refractivity contribution is 7.89. The Morgan fingerprint density at radius 2 is 2.06 bits per heavy atom. The van der Waals surface area contributed by atoms with Crippen LogP contribution in [0.2, 0.25) is 0 Å². The molecule has 0 saturated heterocycles. The first kappa shape index (κ1) is 13.5. The molecule has 2 N–H and O–H groups in total. The molecule has 0 unspecified atom stereocenters. The molecule has 0 atom stereocenters. The van der Waals surface area contributed by atoms with E-state index in [0.717, 1.165) is 37.0 Å². The van der Waals surface area contributed by atoms with E-state index < -0.39 is 16.0 Å². The van der Waals surface area contributed by atoms with Gasteiger partial charge in [0, 0.05) is 10.9 Å². The van der Waals surface area contributed by atoms with Crippen LogP contribution in [0, 0.1) is 6.92 Å². The van der Waals surface area contributed by atoms with Crippen LogP contribution in [-0.2, 0) is 10.0 Å². The number of sulfonamides is 1. The topological polar surface area (TPSA) is 83.5 Å². The first-order valence-corrected chi connectivity index (χ1v) is 8.06. The van der Waals surface area contributed by atoms with Gasteiger partial charge in [0.15, 0.2) is 0 Å². The SMILES string of the molecule is Cc1sc(C(=O)O)cc1S(=O)(=O)NC1CCCC1. The molecule has 1 fully saturated rings. The number of thiophene rings is 1. The van der Waals surface area contributed by atoms with Crippen molar-refractivity contribution in [2.75, 3.05) is 0 Å². The molecule has 5 nitrogen and oxygen atoms in total. The van der Waals surface area contributed by atoms with Crippen molar-refractivity contribution in [1.82, 2.24) is 4.72 Å². The van der Waals surface area contributed by atoms with Crippen molar-refractivity contribution in [2.45, 2.75) is 43.5 Å². The van der Waals surface area contributed by atoms with Crippen molar-refractivity contribution >= 4 is 27.3 Å². The van der Waals surface area contributed by atoms with E-state index in [4.69, 9.17) is 5.11 Å². The second-order valence-electron chi connectivity index (χ2n) is 4.44. The van der Waals surface area contributed by atoms with Crippen LogP contribution in [0.4, 0.5) is 0 Å². The molecule has 0 spiro atoms. The summed E-state index contributed by atoms with van der Waals surface area (Å²) < 4.78 is 26.9. The number of rotatable bonds is 4. The minimum absolute atomic E-state index is 0.0115. The second-order valence-corrected chi connectivity index (χ2v) is 7.38. The summed E-state index contributed by atoms with van der Waals surface area (Å²) >= 11 is 0.989. The monoisotopic (exact) mass is 289 g/mol. The molecular formula is C11H15NO4S2. The zero-order chi connectivity index (χ0) is 13.3. The second kappa shape index (κ2) is 4.99. The van der Waals surface area contributed by atoms with Crippen LogP contribution in [0.3, 0.4) is 0 Å². The van der Waals surface area contributed by atoms with Gasteiger partial charge in [-0.15, -0.1) is 11.3 Å². The number of hydrogen-bond acceptors (Lipinski definition) is 4. The number of carboxylic acids is 1. The predicted octanol–water partition coefficient (Wildman–Crippen LogP) is 1.98. The largest absolute Gasteiger partial charge is 0.477 e. The molecule has 7 heteroatoms. The number of carboxylic acid groups (broad SMARTS) is 1. The molecule has 1 heterocycles. The van der Waals surface area contributed by atoms with Crippen LogP contribution in [0.25, 0.3) is 0 Å². The Kier molecular flexibility index (Phi) is 3.74. The lowest BCUT2D eigenvalue weighted by Crippen LogP contribution is -2.32. The van der Waals surface area contributed by atoms with Gasteiger partial charge < -0.3 is 5.11 Å². The molecule has 0 radical (unpaired) electrons. The van der Waals surface area contributed by atoms with Gasteiger partial charge in [0.1, 0.15) is 4.88 Å². The molecule has 1 aliphatic rings. The van der Waals surface area contributed by atoms with Crippen LogP contribution >= 0.6 is 11.3 Å². The van der Waals surface area contributed by atoms with Crippen LogP contribution in [0.5, 0.6) is 0 Å². The fourth-order valence-corrected chi connectivity index (χ4v) is 4.90. The van der Waals surface area contributed by atoms with E-state index in [1.165, 1.54) is 6.07 Å². The summed E-state index contributed by atoms with van der Waals surface area (Å²) in [4.78, 5) is 11.5. The normalized spacial score (nSPS) is 17.2. The van der Waals surface area contributed by atoms with E-state index in [2.05, 4.69) is 4.72 Å². The van der Waals surface area contributed by atoms with Gasteiger partial charge in [-0.2, -0.15) is 0 Å². The first-order valence-electron chi connectivity index (χ1n) is 5.76. The van der Waals surface area contributed by atoms with Crippen molar-refractivity contribution in [3.05, 3.63) is 15.8 Å². The standard InChI is InChI=1S/C11H15NO4S2/c1-7-10(6-9(17-7)11(13)14)18(15,16)12-8-4-2-3-5-8/h6,8,12H,2-5H2,1H3,(H,13,14). The highest BCUT2D eigenvalue weighted by atomic mass is 32.2. The summed E-state index contributed by atoms with van der Waals surface area (Å²) in [6.07, 6.45) is 3.79. The Morgan fingerprint density at radius 3 is 2.56 bits per heavy atom. The maximum Gasteiger partial charge on any atom is 0.345 e. The summed E-state index contributed by atoms with van der Waals surface area (Å²) in [6.45, 7) is 1.63. The third-order valence-electron chi connectivity index (χ3n) is 3.05. The molecule has 0 amide bonds. The van der Waals surface area contributed by atoms with Crippen molar-refractivity contribution in [2.24, 2.45) is 0 Å². The van der Waals surface area contributed by atoms with Crippen molar-refractivity contribution in [1.29, 1.82) is 0 Å². The summed E-state index contributed by atoms with van der Waals surface area (Å²) in [6, 6.07) is 1.22. The zero-order valence-electron chi connectivity index (χ0n) is 9.97. The first-order chi connectivity index (χ1) is 8.40. The molecular weight excluding hydrogens is 274 g/mol. The van der Waals surface area contributed by atoms with E-state index in [1.54, 1.807) is 6.92 Å². The van der Waals surface area contributed by atoms with Gasteiger partial charge in [-0.25, -0.2) is 17.9 Å². The van der Waals surface area contributed by atoms with Gasteiger partial charge in [-0.3, -0.25) is 0 Å². The lowest BCUT2D eigenvalue weighted by atomic mass is 10.3. The van der Waals surface area contributed by atoms with Gasteiger partial charge in [0.2, 0.25) is 10.0 Å². The lowest BCUT2D eigenvalue weighted by molar-refractivity contribution is 0.0702. The smallest absolute Gasteiger partial charge is 0.345 e. The molecule has 1 saturated carbocycles.